The maximum Gasteiger partial charge on any atom is 0.265 e. The van der Waals surface area contributed by atoms with Crippen molar-refractivity contribution < 1.29 is 18.0 Å². The molecule has 23 heavy (non-hydrogen) atoms. The van der Waals surface area contributed by atoms with E-state index in [4.69, 9.17) is 11.5 Å². The van der Waals surface area contributed by atoms with Crippen LogP contribution < -0.4 is 21.5 Å². The van der Waals surface area contributed by atoms with Crippen LogP contribution in [-0.4, -0.2) is 44.3 Å². The SMILES string of the molecule is CC(C)CC(CN)NC(=O)CNS(=O)(=O)c1c[nH]c(C(N)=O)c1. The molecule has 0 aliphatic carbocycles. The lowest BCUT2D eigenvalue weighted by atomic mass is 10.0. The summed E-state index contributed by atoms with van der Waals surface area (Å²) in [5, 5.41) is 2.67. The molecule has 1 aromatic rings. The number of nitrogens with one attached hydrogen (secondary N) is 3. The molecule has 0 aromatic carbocycles. The fraction of sp³-hybridized carbons (Fsp3) is 0.538. The Bertz CT molecular complexity index is 653. The van der Waals surface area contributed by atoms with E-state index in [2.05, 4.69) is 15.0 Å². The van der Waals surface area contributed by atoms with E-state index in [0.717, 1.165) is 12.3 Å². The molecule has 0 fully saturated rings. The normalized spacial score (nSPS) is 13.0. The third-order valence-corrected chi connectivity index (χ3v) is 4.44. The molecule has 1 atom stereocenters. The first kappa shape index (κ1) is 19.1. The highest BCUT2D eigenvalue weighted by atomic mass is 32.2. The van der Waals surface area contributed by atoms with E-state index in [1.807, 2.05) is 13.8 Å². The van der Waals surface area contributed by atoms with Crippen molar-refractivity contribution in [3.63, 3.8) is 0 Å². The van der Waals surface area contributed by atoms with Crippen LogP contribution in [0.25, 0.3) is 0 Å². The lowest BCUT2D eigenvalue weighted by Crippen LogP contribution is -2.45. The summed E-state index contributed by atoms with van der Waals surface area (Å²) in [6, 6.07) is 0.894. The smallest absolute Gasteiger partial charge is 0.265 e. The average Bonchev–Trinajstić information content (AvgIpc) is 2.95. The second kappa shape index (κ2) is 8.09. The van der Waals surface area contributed by atoms with Crippen molar-refractivity contribution >= 4 is 21.8 Å². The van der Waals surface area contributed by atoms with Gasteiger partial charge in [0.05, 0.1) is 6.54 Å². The number of carbonyl (C=O) groups is 2. The number of nitrogens with two attached hydrogens (primary N) is 2. The largest absolute Gasteiger partial charge is 0.364 e. The highest BCUT2D eigenvalue weighted by molar-refractivity contribution is 7.89. The summed E-state index contributed by atoms with van der Waals surface area (Å²) in [5.74, 6) is -0.897. The summed E-state index contributed by atoms with van der Waals surface area (Å²) < 4.78 is 26.2. The minimum atomic E-state index is -3.91. The highest BCUT2D eigenvalue weighted by Crippen LogP contribution is 2.10. The second-order valence-corrected chi connectivity index (χ2v) is 7.33. The first-order valence-corrected chi connectivity index (χ1v) is 8.61. The molecular formula is C13H23N5O4S. The molecule has 7 N–H and O–H groups in total. The number of primary amides is 1. The van der Waals surface area contributed by atoms with Crippen LogP contribution in [0.1, 0.15) is 30.8 Å². The van der Waals surface area contributed by atoms with Crippen molar-refractivity contribution in [2.75, 3.05) is 13.1 Å². The molecule has 130 valence electrons. The van der Waals surface area contributed by atoms with Crippen LogP contribution in [0.3, 0.4) is 0 Å². The molecule has 9 nitrogen and oxygen atoms in total. The Balaban J connectivity index is 2.61. The van der Waals surface area contributed by atoms with E-state index in [1.165, 1.54) is 0 Å². The Morgan fingerprint density at radius 2 is 2.00 bits per heavy atom. The summed E-state index contributed by atoms with van der Waals surface area (Å²) in [7, 11) is -3.91. The minimum absolute atomic E-state index is 0.0324. The Labute approximate surface area is 135 Å². The summed E-state index contributed by atoms with van der Waals surface area (Å²) in [6.45, 7) is 3.85. The second-order valence-electron chi connectivity index (χ2n) is 5.57. The number of carbonyl (C=O) groups excluding carboxylic acids is 2. The quantitative estimate of drug-likeness (QED) is 0.382. The lowest BCUT2D eigenvalue weighted by molar-refractivity contribution is -0.120. The molecule has 0 saturated carbocycles. The molecule has 1 heterocycles. The zero-order valence-corrected chi connectivity index (χ0v) is 13.9. The number of hydrogen-bond acceptors (Lipinski definition) is 5. The molecule has 0 bridgehead atoms. The standard InChI is InChI=1S/C13H23N5O4S/c1-8(2)3-9(5-14)18-12(19)7-17-23(21,22)10-4-11(13(15)20)16-6-10/h4,6,8-9,16-17H,3,5,7,14H2,1-2H3,(H2,15,20)(H,18,19). The Morgan fingerprint density at radius 3 is 2.48 bits per heavy atom. The van der Waals surface area contributed by atoms with Crippen molar-refractivity contribution in [3.8, 4) is 0 Å². The minimum Gasteiger partial charge on any atom is -0.364 e. The van der Waals surface area contributed by atoms with Crippen LogP contribution in [0.15, 0.2) is 17.2 Å². The lowest BCUT2D eigenvalue weighted by Gasteiger charge is -2.18. The van der Waals surface area contributed by atoms with Gasteiger partial charge >= 0.3 is 0 Å². The maximum absolute atomic E-state index is 12.0. The van der Waals surface area contributed by atoms with Gasteiger partial charge in [-0.2, -0.15) is 0 Å². The van der Waals surface area contributed by atoms with Gasteiger partial charge in [0.2, 0.25) is 15.9 Å². The van der Waals surface area contributed by atoms with Crippen molar-refractivity contribution in [1.82, 2.24) is 15.0 Å². The van der Waals surface area contributed by atoms with Crippen molar-refractivity contribution in [1.29, 1.82) is 0 Å². The topological polar surface area (TPSA) is 160 Å². The van der Waals surface area contributed by atoms with Crippen LogP contribution in [0.4, 0.5) is 0 Å². The number of rotatable bonds is 9. The number of hydrogen-bond donors (Lipinski definition) is 5. The summed E-state index contributed by atoms with van der Waals surface area (Å²) in [5.41, 5.74) is 10.6. The van der Waals surface area contributed by atoms with Gasteiger partial charge in [0.1, 0.15) is 10.6 Å². The van der Waals surface area contributed by atoms with Gasteiger partial charge in [-0.25, -0.2) is 13.1 Å². The zero-order valence-electron chi connectivity index (χ0n) is 13.1. The van der Waals surface area contributed by atoms with Gasteiger partial charge in [0.25, 0.3) is 5.91 Å². The summed E-state index contributed by atoms with van der Waals surface area (Å²) in [4.78, 5) is 25.0. The van der Waals surface area contributed by atoms with Crippen LogP contribution in [-0.2, 0) is 14.8 Å². The molecule has 10 heteroatoms. The van der Waals surface area contributed by atoms with E-state index in [1.54, 1.807) is 0 Å². The van der Waals surface area contributed by atoms with Gasteiger partial charge in [0.15, 0.2) is 0 Å². The van der Waals surface area contributed by atoms with Gasteiger partial charge < -0.3 is 21.8 Å². The van der Waals surface area contributed by atoms with E-state index in [0.29, 0.717) is 12.3 Å². The van der Waals surface area contributed by atoms with E-state index >= 15 is 0 Å². The Morgan fingerprint density at radius 1 is 1.35 bits per heavy atom. The molecule has 0 spiro atoms. The van der Waals surface area contributed by atoms with Gasteiger partial charge in [-0.3, -0.25) is 9.59 Å². The van der Waals surface area contributed by atoms with Crippen LogP contribution in [0.2, 0.25) is 0 Å². The van der Waals surface area contributed by atoms with Crippen molar-refractivity contribution in [2.24, 2.45) is 17.4 Å². The molecule has 2 amide bonds. The summed E-state index contributed by atoms with van der Waals surface area (Å²) >= 11 is 0. The molecule has 0 radical (unpaired) electrons. The zero-order chi connectivity index (χ0) is 17.6. The number of amides is 2. The monoisotopic (exact) mass is 345 g/mol. The van der Waals surface area contributed by atoms with E-state index < -0.39 is 28.4 Å². The molecule has 0 aliphatic rings. The molecular weight excluding hydrogens is 322 g/mol. The first-order chi connectivity index (χ1) is 10.7. The predicted octanol–water partition coefficient (Wildman–Crippen LogP) is -1.12. The van der Waals surface area contributed by atoms with Crippen LogP contribution >= 0.6 is 0 Å². The fourth-order valence-corrected chi connectivity index (χ4v) is 2.95. The number of aromatic amines is 1. The van der Waals surface area contributed by atoms with Gasteiger partial charge in [-0.15, -0.1) is 0 Å². The summed E-state index contributed by atoms with van der Waals surface area (Å²) in [6.07, 6.45) is 1.83. The third kappa shape index (κ3) is 6.00. The number of sulfonamides is 1. The predicted molar refractivity (Wildman–Crippen MR) is 84.9 cm³/mol. The first-order valence-electron chi connectivity index (χ1n) is 7.13. The van der Waals surface area contributed by atoms with Crippen LogP contribution in [0, 0.1) is 5.92 Å². The molecule has 1 rings (SSSR count). The number of aromatic nitrogens is 1. The molecule has 0 saturated heterocycles. The Kier molecular flexibility index (Phi) is 6.73. The van der Waals surface area contributed by atoms with Crippen LogP contribution in [0.5, 0.6) is 0 Å². The molecule has 1 unspecified atom stereocenters. The van der Waals surface area contributed by atoms with Crippen molar-refractivity contribution in [3.05, 3.63) is 18.0 Å². The van der Waals surface area contributed by atoms with E-state index in [9.17, 15) is 18.0 Å². The fourth-order valence-electron chi connectivity index (χ4n) is 1.98. The van der Waals surface area contributed by atoms with Gasteiger partial charge in [-0.05, 0) is 18.4 Å². The Hall–Kier alpha value is -1.91. The average molecular weight is 345 g/mol. The number of H-pyrrole nitrogens is 1. The van der Waals surface area contributed by atoms with Gasteiger partial charge in [-0.1, -0.05) is 13.8 Å². The molecule has 0 aliphatic heterocycles. The maximum atomic E-state index is 12.0. The van der Waals surface area contributed by atoms with Crippen molar-refractivity contribution in [2.45, 2.75) is 31.2 Å². The third-order valence-electron chi connectivity index (χ3n) is 3.06. The van der Waals surface area contributed by atoms with E-state index in [-0.39, 0.29) is 23.2 Å². The highest BCUT2D eigenvalue weighted by Gasteiger charge is 2.19. The molecule has 1 aromatic heterocycles. The van der Waals surface area contributed by atoms with Gasteiger partial charge in [0, 0.05) is 18.8 Å².